The molecule has 2 nitrogen and oxygen atoms in total. The molecule has 0 aromatic heterocycles. The smallest absolute Gasteiger partial charge is 0.0142 e. The lowest BCUT2D eigenvalue weighted by atomic mass is 10.2. The van der Waals surface area contributed by atoms with Crippen LogP contribution in [0.15, 0.2) is 0 Å². The largest absolute Gasteiger partial charge is 0.329 e. The Balaban J connectivity index is 2.01. The van der Waals surface area contributed by atoms with E-state index in [1.165, 1.54) is 25.3 Å². The molecule has 1 saturated heterocycles. The van der Waals surface area contributed by atoms with E-state index >= 15 is 0 Å². The van der Waals surface area contributed by atoms with E-state index < -0.39 is 0 Å². The molecule has 1 heterocycles. The molecular formula is C8H18N2S. The van der Waals surface area contributed by atoms with E-state index in [0.29, 0.717) is 5.25 Å². The quantitative estimate of drug-likeness (QED) is 0.658. The summed E-state index contributed by atoms with van der Waals surface area (Å²) >= 11 is 2.01. The molecule has 0 amide bonds. The summed E-state index contributed by atoms with van der Waals surface area (Å²) in [5.74, 6) is 2.18. The van der Waals surface area contributed by atoms with Crippen molar-refractivity contribution in [2.45, 2.75) is 18.6 Å². The average Bonchev–Trinajstić information content (AvgIpc) is 2.52. The van der Waals surface area contributed by atoms with Gasteiger partial charge in [-0.3, -0.25) is 0 Å². The lowest BCUT2D eigenvalue weighted by molar-refractivity contribution is 0.661. The Hall–Kier alpha value is 0.270. The first kappa shape index (κ1) is 9.36. The summed E-state index contributed by atoms with van der Waals surface area (Å²) < 4.78 is 0. The second-order valence-corrected chi connectivity index (χ2v) is 4.71. The second-order valence-electron chi connectivity index (χ2n) is 3.24. The summed E-state index contributed by atoms with van der Waals surface area (Å²) in [6.45, 7) is 5.43. The summed E-state index contributed by atoms with van der Waals surface area (Å²) in [7, 11) is 0. The van der Waals surface area contributed by atoms with E-state index in [0.717, 1.165) is 12.5 Å². The third kappa shape index (κ3) is 3.45. The van der Waals surface area contributed by atoms with Gasteiger partial charge in [-0.25, -0.2) is 0 Å². The van der Waals surface area contributed by atoms with Gasteiger partial charge in [-0.1, -0.05) is 6.92 Å². The molecule has 3 N–H and O–H groups in total. The minimum atomic E-state index is 0.635. The molecule has 11 heavy (non-hydrogen) atoms. The molecule has 0 spiro atoms. The van der Waals surface area contributed by atoms with Crippen molar-refractivity contribution in [1.82, 2.24) is 5.32 Å². The van der Waals surface area contributed by atoms with Crippen molar-refractivity contribution in [3.8, 4) is 0 Å². The van der Waals surface area contributed by atoms with Gasteiger partial charge in [0.25, 0.3) is 0 Å². The van der Waals surface area contributed by atoms with Crippen molar-refractivity contribution in [2.75, 3.05) is 25.4 Å². The van der Waals surface area contributed by atoms with E-state index in [1.54, 1.807) is 0 Å². The van der Waals surface area contributed by atoms with Crippen LogP contribution in [0, 0.1) is 5.92 Å². The maximum Gasteiger partial charge on any atom is 0.0142 e. The van der Waals surface area contributed by atoms with Gasteiger partial charge in [-0.15, -0.1) is 0 Å². The highest BCUT2D eigenvalue weighted by atomic mass is 32.2. The predicted octanol–water partition coefficient (Wildman–Crippen LogP) is 0.676. The van der Waals surface area contributed by atoms with Gasteiger partial charge in [0.05, 0.1) is 0 Å². The molecule has 0 bridgehead atoms. The predicted molar refractivity (Wildman–Crippen MR) is 52.0 cm³/mol. The van der Waals surface area contributed by atoms with Gasteiger partial charge < -0.3 is 11.1 Å². The summed E-state index contributed by atoms with van der Waals surface area (Å²) in [5.41, 5.74) is 5.52. The molecule has 1 aliphatic rings. The molecular weight excluding hydrogens is 156 g/mol. The van der Waals surface area contributed by atoms with Crippen molar-refractivity contribution in [3.05, 3.63) is 0 Å². The van der Waals surface area contributed by atoms with E-state index in [1.807, 2.05) is 11.8 Å². The fraction of sp³-hybridized carbons (Fsp3) is 1.00. The summed E-state index contributed by atoms with van der Waals surface area (Å²) in [4.78, 5) is 0. The molecule has 0 saturated carbocycles. The van der Waals surface area contributed by atoms with Crippen LogP contribution in [0.4, 0.5) is 0 Å². The second kappa shape index (κ2) is 5.01. The Labute approximate surface area is 73.3 Å². The zero-order valence-corrected chi connectivity index (χ0v) is 7.99. The van der Waals surface area contributed by atoms with E-state index in [-0.39, 0.29) is 0 Å². The van der Waals surface area contributed by atoms with Crippen molar-refractivity contribution < 1.29 is 0 Å². The molecule has 0 radical (unpaired) electrons. The summed E-state index contributed by atoms with van der Waals surface area (Å²) in [5, 5.41) is 4.00. The number of thioether (sulfide) groups is 1. The van der Waals surface area contributed by atoms with Crippen molar-refractivity contribution in [2.24, 2.45) is 11.7 Å². The lowest BCUT2D eigenvalue weighted by Gasteiger charge is -2.11. The third-order valence-electron chi connectivity index (χ3n) is 2.11. The molecule has 0 aromatic carbocycles. The fourth-order valence-corrected chi connectivity index (χ4v) is 2.25. The molecule has 2 unspecified atom stereocenters. The third-order valence-corrected chi connectivity index (χ3v) is 3.54. The molecule has 0 aliphatic carbocycles. The molecule has 0 aromatic rings. The van der Waals surface area contributed by atoms with Crippen LogP contribution in [-0.2, 0) is 0 Å². The molecule has 2 atom stereocenters. The average molecular weight is 174 g/mol. The number of nitrogens with two attached hydrogens (primary N) is 1. The number of hydrogen-bond acceptors (Lipinski definition) is 3. The van der Waals surface area contributed by atoms with Crippen molar-refractivity contribution in [1.29, 1.82) is 0 Å². The highest BCUT2D eigenvalue weighted by molar-refractivity contribution is 7.99. The standard InChI is InChI=1S/C8H18N2S/c1-7(4-9)11-6-8-2-3-10-5-8/h7-8,10H,2-6,9H2,1H3. The van der Waals surface area contributed by atoms with Crippen LogP contribution < -0.4 is 11.1 Å². The minimum absolute atomic E-state index is 0.635. The monoisotopic (exact) mass is 174 g/mol. The van der Waals surface area contributed by atoms with Crippen LogP contribution in [0.25, 0.3) is 0 Å². The van der Waals surface area contributed by atoms with Crippen LogP contribution >= 0.6 is 11.8 Å². The van der Waals surface area contributed by atoms with Gasteiger partial charge >= 0.3 is 0 Å². The maximum atomic E-state index is 5.52. The Bertz CT molecular complexity index is 102. The maximum absolute atomic E-state index is 5.52. The topological polar surface area (TPSA) is 38.0 Å². The molecule has 1 aliphatic heterocycles. The van der Waals surface area contributed by atoms with Crippen molar-refractivity contribution >= 4 is 11.8 Å². The SMILES string of the molecule is CC(CN)SCC1CCNC1. The van der Waals surface area contributed by atoms with Gasteiger partial charge in [0.2, 0.25) is 0 Å². The first-order chi connectivity index (χ1) is 5.33. The summed E-state index contributed by atoms with van der Waals surface area (Å²) in [6, 6.07) is 0. The normalized spacial score (nSPS) is 27.3. The summed E-state index contributed by atoms with van der Waals surface area (Å²) in [6.07, 6.45) is 1.35. The van der Waals surface area contributed by atoms with Crippen LogP contribution in [0.1, 0.15) is 13.3 Å². The first-order valence-corrected chi connectivity index (χ1v) is 5.40. The zero-order chi connectivity index (χ0) is 8.10. The van der Waals surface area contributed by atoms with Gasteiger partial charge in [0.1, 0.15) is 0 Å². The van der Waals surface area contributed by atoms with E-state index in [9.17, 15) is 0 Å². The Morgan fingerprint density at radius 2 is 2.55 bits per heavy atom. The highest BCUT2D eigenvalue weighted by Crippen LogP contribution is 2.18. The van der Waals surface area contributed by atoms with Gasteiger partial charge in [-0.05, 0) is 31.2 Å². The van der Waals surface area contributed by atoms with Gasteiger partial charge in [-0.2, -0.15) is 11.8 Å². The Morgan fingerprint density at radius 3 is 3.09 bits per heavy atom. The lowest BCUT2D eigenvalue weighted by Crippen LogP contribution is -2.16. The van der Waals surface area contributed by atoms with Crippen LogP contribution in [0.3, 0.4) is 0 Å². The molecule has 66 valence electrons. The number of rotatable bonds is 4. The van der Waals surface area contributed by atoms with E-state index in [2.05, 4.69) is 12.2 Å². The van der Waals surface area contributed by atoms with Gasteiger partial charge in [0, 0.05) is 11.8 Å². The Morgan fingerprint density at radius 1 is 1.73 bits per heavy atom. The highest BCUT2D eigenvalue weighted by Gasteiger charge is 2.14. The number of nitrogens with one attached hydrogen (secondary N) is 1. The van der Waals surface area contributed by atoms with Crippen molar-refractivity contribution in [3.63, 3.8) is 0 Å². The zero-order valence-electron chi connectivity index (χ0n) is 7.18. The van der Waals surface area contributed by atoms with E-state index in [4.69, 9.17) is 5.73 Å². The van der Waals surface area contributed by atoms with Crippen LogP contribution in [0.2, 0.25) is 0 Å². The molecule has 1 fully saturated rings. The fourth-order valence-electron chi connectivity index (χ4n) is 1.23. The minimum Gasteiger partial charge on any atom is -0.329 e. The molecule has 3 heteroatoms. The molecule has 1 rings (SSSR count). The van der Waals surface area contributed by atoms with Crippen LogP contribution in [0.5, 0.6) is 0 Å². The Kier molecular flexibility index (Phi) is 4.26. The van der Waals surface area contributed by atoms with Gasteiger partial charge in [0.15, 0.2) is 0 Å². The van der Waals surface area contributed by atoms with Crippen LogP contribution in [-0.4, -0.2) is 30.6 Å². The number of hydrogen-bond donors (Lipinski definition) is 2. The first-order valence-electron chi connectivity index (χ1n) is 4.35.